The van der Waals surface area contributed by atoms with Crippen molar-refractivity contribution in [3.8, 4) is 33.4 Å². The van der Waals surface area contributed by atoms with Gasteiger partial charge in [0.25, 0.3) is 0 Å². The molecule has 0 N–H and O–H groups in total. The Morgan fingerprint density at radius 3 is 0.918 bits per heavy atom. The summed E-state index contributed by atoms with van der Waals surface area (Å²) in [7, 11) is 0. The molecule has 0 aliphatic heterocycles. The number of nitrogens with zero attached hydrogens (tertiary/aromatic N) is 4. The molecule has 0 saturated heterocycles. The van der Waals surface area contributed by atoms with Crippen LogP contribution in [0.4, 0.5) is 68.2 Å². The van der Waals surface area contributed by atoms with Crippen molar-refractivity contribution in [3.63, 3.8) is 0 Å². The van der Waals surface area contributed by atoms with Gasteiger partial charge < -0.3 is 28.4 Å². The standard InChI is InChI=1S/C36H20ClNO2S.C36H22ClNS2.2C30H20ClNS/c37-28-10-6-14-34-35(28)26-9-5-11-29(36(26)41-34)38(21-16-18-32-27(19-21)24-8-2-4-13-31(24)39-32)22-15-17-25-23-7-1-3-12-30(23)40-33(25)20-22;37-30-12-7-15-34-35(30)28-11-6-13-31(36(28)40-34)38(25-18-16-24(17-19-25)23-8-2-1-3-9-23)26-20-21-33-29(22-26)27-10-4-5-14-32(27)39-33;31-26-14-8-16-28-29(26)25-13-7-15-27(30(25)33-28)32(23-11-5-2-6-12-23)24-19-17-22(18-20-24)21-9-3-1-4-10-21;31-27-15-8-16-28-29(27)26-14-7-13-25(30(26)33-28)21-17-19-24(20-18-21)32(22-9-3-1-4-10-22)23-11-5-2-6-12-23/h1-20H;1-22H;2*1-20H. The van der Waals surface area contributed by atoms with Gasteiger partial charge in [-0.25, -0.2) is 0 Å². The average molecular weight is 2060 g/mol. The second-order valence-corrected chi connectivity index (χ2v) is 43.0. The van der Waals surface area contributed by atoms with Gasteiger partial charge in [0.05, 0.1) is 31.2 Å². The van der Waals surface area contributed by atoms with Crippen LogP contribution in [0.5, 0.6) is 0 Å². The summed E-state index contributed by atoms with van der Waals surface area (Å²) in [5.41, 5.74) is 24.1. The number of benzene rings is 22. The highest BCUT2D eigenvalue weighted by Gasteiger charge is 2.27. The molecule has 0 bridgehead atoms. The summed E-state index contributed by atoms with van der Waals surface area (Å²) in [6.07, 6.45) is 0. The summed E-state index contributed by atoms with van der Waals surface area (Å²) in [4.78, 5) is 9.33. The number of fused-ring (bicyclic) bond motifs is 21. The van der Waals surface area contributed by atoms with Gasteiger partial charge in [-0.2, -0.15) is 0 Å². The lowest BCUT2D eigenvalue weighted by atomic mass is 10.0. The van der Waals surface area contributed by atoms with Crippen LogP contribution in [0.25, 0.3) is 178 Å². The van der Waals surface area contributed by atoms with Crippen molar-refractivity contribution in [3.05, 3.63) is 518 Å². The predicted octanol–water partition coefficient (Wildman–Crippen LogP) is 43.9. The summed E-state index contributed by atoms with van der Waals surface area (Å²) in [6.45, 7) is 0. The lowest BCUT2D eigenvalue weighted by molar-refractivity contribution is 0.668. The summed E-state index contributed by atoms with van der Waals surface area (Å²) in [6, 6.07) is 175. The van der Waals surface area contributed by atoms with Crippen molar-refractivity contribution in [1.29, 1.82) is 0 Å². The molecule has 6 nitrogen and oxygen atoms in total. The number of rotatable bonds is 15. The Morgan fingerprint density at radius 2 is 0.442 bits per heavy atom. The first kappa shape index (κ1) is 90.9. The zero-order valence-corrected chi connectivity index (χ0v) is 85.6. The Labute approximate surface area is 887 Å². The molecule has 29 aromatic rings. The molecule has 0 spiro atoms. The first-order valence-corrected chi connectivity index (χ1v) is 54.1. The van der Waals surface area contributed by atoms with Crippen molar-refractivity contribution in [2.45, 2.75) is 0 Å². The zero-order valence-electron chi connectivity index (χ0n) is 78.5. The molecule has 0 saturated carbocycles. The van der Waals surface area contributed by atoms with Crippen LogP contribution in [-0.4, -0.2) is 0 Å². The van der Waals surface area contributed by atoms with Gasteiger partial charge in [-0.3, -0.25) is 0 Å². The molecule has 0 aliphatic rings. The fourth-order valence-corrected chi connectivity index (χ4v) is 28.0. The number of halogens is 4. The van der Waals surface area contributed by atoms with Gasteiger partial charge in [0, 0.05) is 186 Å². The maximum Gasteiger partial charge on any atom is 0.137 e. The Kier molecular flexibility index (Phi) is 24.2. The number of anilines is 12. The van der Waals surface area contributed by atoms with Gasteiger partial charge in [-0.05, 0) is 240 Å². The maximum atomic E-state index is 6.73. The van der Waals surface area contributed by atoms with Crippen LogP contribution >= 0.6 is 103 Å². The molecule has 0 amide bonds. The van der Waals surface area contributed by atoms with Crippen LogP contribution in [0.3, 0.4) is 0 Å². The monoisotopic (exact) mass is 2050 g/mol. The third-order valence-electron chi connectivity index (χ3n) is 27.3. The highest BCUT2D eigenvalue weighted by atomic mass is 35.5. The molecule has 0 fully saturated rings. The smallest absolute Gasteiger partial charge is 0.137 e. The summed E-state index contributed by atoms with van der Waals surface area (Å²) >= 11 is 35.6. The number of thiophene rings is 5. The van der Waals surface area contributed by atoms with Crippen molar-refractivity contribution in [2.75, 3.05) is 19.6 Å². The molecule has 7 heterocycles. The minimum atomic E-state index is 0.771. The Morgan fingerprint density at radius 1 is 0.156 bits per heavy atom. The first-order chi connectivity index (χ1) is 72.6. The second kappa shape index (κ2) is 39.1. The molecule has 29 rings (SSSR count). The van der Waals surface area contributed by atoms with Crippen molar-refractivity contribution in [2.24, 2.45) is 0 Å². The van der Waals surface area contributed by atoms with Crippen LogP contribution in [0.2, 0.25) is 20.1 Å². The third-order valence-corrected chi connectivity index (χ3v) is 34.5. The molecule has 0 atom stereocenters. The number of hydrogen-bond acceptors (Lipinski definition) is 11. The molecule has 22 aromatic carbocycles. The van der Waals surface area contributed by atoms with E-state index in [1.807, 2.05) is 102 Å². The van der Waals surface area contributed by atoms with E-state index in [0.29, 0.717) is 0 Å². The highest BCUT2D eigenvalue weighted by Crippen LogP contribution is 2.54. The van der Waals surface area contributed by atoms with E-state index in [2.05, 4.69) is 426 Å². The molecular formula is C132H82Cl4N4O2S5. The van der Waals surface area contributed by atoms with Crippen molar-refractivity contribution in [1.82, 2.24) is 0 Å². The molecule has 147 heavy (non-hydrogen) atoms. The van der Waals surface area contributed by atoms with Gasteiger partial charge in [-0.15, -0.1) is 56.7 Å². The van der Waals surface area contributed by atoms with Crippen molar-refractivity contribution < 1.29 is 8.83 Å². The molecular weight excluding hydrogens is 1980 g/mol. The molecule has 0 aliphatic carbocycles. The van der Waals surface area contributed by atoms with E-state index < -0.39 is 0 Å². The van der Waals surface area contributed by atoms with Crippen LogP contribution < -0.4 is 19.6 Å². The van der Waals surface area contributed by atoms with Crippen LogP contribution in [-0.2, 0) is 0 Å². The summed E-state index contributed by atoms with van der Waals surface area (Å²) in [5, 5.41) is 19.4. The number of hydrogen-bond donors (Lipinski definition) is 0. The molecule has 0 unspecified atom stereocenters. The van der Waals surface area contributed by atoms with Crippen molar-refractivity contribution >= 4 is 316 Å². The van der Waals surface area contributed by atoms with E-state index in [4.69, 9.17) is 55.2 Å². The Hall–Kier alpha value is -16.1. The minimum absolute atomic E-state index is 0.771. The second-order valence-electron chi connectivity index (χ2n) is 36.1. The molecule has 700 valence electrons. The first-order valence-electron chi connectivity index (χ1n) is 48.5. The molecule has 0 radical (unpaired) electrons. The van der Waals surface area contributed by atoms with Gasteiger partial charge in [-0.1, -0.05) is 332 Å². The zero-order chi connectivity index (χ0) is 98.1. The largest absolute Gasteiger partial charge is 0.456 e. The number of para-hydroxylation sites is 5. The van der Waals surface area contributed by atoms with Crippen LogP contribution in [0.15, 0.2) is 506 Å². The van der Waals surface area contributed by atoms with E-state index in [1.54, 1.807) is 45.3 Å². The molecule has 7 aromatic heterocycles. The normalized spacial score (nSPS) is 11.5. The van der Waals surface area contributed by atoms with E-state index >= 15 is 0 Å². The SMILES string of the molecule is Clc1cccc2sc3c(-c4ccc(N(c5ccccc5)c5ccccc5)cc4)cccc3c12.Clc1cccc2sc3c(N(c4ccc(-c5ccccc5)cc4)c4ccc5sc6ccccc6c5c4)cccc3c12.Clc1cccc2sc3c(N(c4ccc5c(c4)oc4ccccc45)c4ccc5oc6ccccc6c5c4)cccc3c12.Clc1cccc2sc3c(N(c4ccccc4)c4ccc(-c5ccccc5)cc4)cccc3c12. The van der Waals surface area contributed by atoms with E-state index in [9.17, 15) is 0 Å². The van der Waals surface area contributed by atoms with Gasteiger partial charge >= 0.3 is 0 Å². The predicted molar refractivity (Wildman–Crippen MR) is 640 cm³/mol. The van der Waals surface area contributed by atoms with Gasteiger partial charge in [0.2, 0.25) is 0 Å². The third kappa shape index (κ3) is 17.0. The summed E-state index contributed by atoms with van der Waals surface area (Å²) < 4.78 is 24.8. The minimum Gasteiger partial charge on any atom is -0.456 e. The van der Waals surface area contributed by atoms with E-state index in [0.717, 1.165) is 159 Å². The topological polar surface area (TPSA) is 39.2 Å². The fourth-order valence-electron chi connectivity index (χ4n) is 20.6. The quantitative estimate of drug-likeness (QED) is 0.102. The lowest BCUT2D eigenvalue weighted by Gasteiger charge is -2.26. The van der Waals surface area contributed by atoms with E-state index in [1.165, 1.54) is 107 Å². The van der Waals surface area contributed by atoms with Gasteiger partial charge in [0.15, 0.2) is 0 Å². The maximum absolute atomic E-state index is 6.73. The summed E-state index contributed by atoms with van der Waals surface area (Å²) in [5.74, 6) is 0. The average Bonchev–Trinajstić information content (AvgIpc) is 1.60. The lowest BCUT2D eigenvalue weighted by Crippen LogP contribution is -2.10. The van der Waals surface area contributed by atoms with Gasteiger partial charge in [0.1, 0.15) is 22.3 Å². The fraction of sp³-hybridized carbons (Fsp3) is 0. The number of furan rings is 2. The Bertz CT molecular complexity index is 9990. The highest BCUT2D eigenvalue weighted by molar-refractivity contribution is 7.28. The van der Waals surface area contributed by atoms with E-state index in [-0.39, 0.29) is 0 Å². The van der Waals surface area contributed by atoms with Crippen LogP contribution in [0.1, 0.15) is 0 Å². The van der Waals surface area contributed by atoms with Crippen LogP contribution in [0, 0.1) is 0 Å². The Balaban J connectivity index is 0.0000000999. The molecule has 15 heteroatoms.